The maximum Gasteiger partial charge on any atom is 0.337 e. The van der Waals surface area contributed by atoms with Gasteiger partial charge in [-0.2, -0.15) is 0 Å². The van der Waals surface area contributed by atoms with Gasteiger partial charge in [-0.3, -0.25) is 4.79 Å². The predicted molar refractivity (Wildman–Crippen MR) is 158 cm³/mol. The highest BCUT2D eigenvalue weighted by Gasteiger charge is 2.20. The fourth-order valence-electron chi connectivity index (χ4n) is 5.01. The molecule has 4 rings (SSSR count). The van der Waals surface area contributed by atoms with Gasteiger partial charge in [0.2, 0.25) is 0 Å². The van der Waals surface area contributed by atoms with Crippen molar-refractivity contribution in [1.29, 1.82) is 0 Å². The molecule has 1 aromatic heterocycles. The van der Waals surface area contributed by atoms with E-state index < -0.39 is 0 Å². The molecule has 1 amide bonds. The minimum absolute atomic E-state index is 0.0425. The van der Waals surface area contributed by atoms with Crippen LogP contribution in [-0.2, 0) is 17.8 Å². The Morgan fingerprint density at radius 2 is 1.62 bits per heavy atom. The summed E-state index contributed by atoms with van der Waals surface area (Å²) in [4.78, 5) is 27.2. The lowest BCUT2D eigenvalue weighted by atomic mass is 10.0. The maximum atomic E-state index is 12.6. The van der Waals surface area contributed by atoms with Crippen molar-refractivity contribution < 1.29 is 14.3 Å². The van der Waals surface area contributed by atoms with Crippen LogP contribution in [0.4, 0.5) is 0 Å². The Morgan fingerprint density at radius 3 is 2.26 bits per heavy atom. The second kappa shape index (κ2) is 12.8. The normalized spacial score (nSPS) is 11.4. The van der Waals surface area contributed by atoms with E-state index in [1.165, 1.54) is 23.9 Å². The number of benzene rings is 3. The number of carbonyl (C=O) groups excluding carboxylic acids is 2. The number of rotatable bonds is 11. The molecule has 0 radical (unpaired) electrons. The van der Waals surface area contributed by atoms with Crippen molar-refractivity contribution in [3.05, 3.63) is 95.2 Å². The number of nitrogens with zero attached hydrogens (tertiary/aromatic N) is 2. The van der Waals surface area contributed by atoms with Crippen molar-refractivity contribution in [3.63, 3.8) is 0 Å². The van der Waals surface area contributed by atoms with E-state index in [4.69, 9.17) is 4.74 Å². The molecule has 0 bridgehead atoms. The summed E-state index contributed by atoms with van der Waals surface area (Å²) in [5.74, 6) is 0.0543. The van der Waals surface area contributed by atoms with E-state index >= 15 is 0 Å². The number of hydrogen-bond donors (Lipinski definition) is 1. The Morgan fingerprint density at radius 1 is 0.923 bits per heavy atom. The average molecular weight is 526 g/mol. The smallest absolute Gasteiger partial charge is 0.337 e. The summed E-state index contributed by atoms with van der Waals surface area (Å²) < 4.78 is 7.33. The molecule has 1 heterocycles. The minimum Gasteiger partial charge on any atom is -0.465 e. The van der Waals surface area contributed by atoms with E-state index in [1.54, 1.807) is 0 Å². The highest BCUT2D eigenvalue weighted by atomic mass is 16.5. The summed E-state index contributed by atoms with van der Waals surface area (Å²) in [6.07, 6.45) is 1.72. The van der Waals surface area contributed by atoms with Crippen LogP contribution in [0.25, 0.3) is 22.0 Å². The van der Waals surface area contributed by atoms with Crippen molar-refractivity contribution in [2.45, 2.75) is 45.7 Å². The molecule has 0 spiro atoms. The Bertz CT molecular complexity index is 1420. The molecule has 6 heteroatoms. The number of ether oxygens (including phenoxy) is 1. The number of nitrogens with one attached hydrogen (secondary N) is 1. The lowest BCUT2D eigenvalue weighted by Gasteiger charge is -2.17. The molecule has 0 aliphatic carbocycles. The standard InChI is InChI=1S/C33H39N3O3/c1-23(2)24-13-15-26(16-14-24)32(37)34-19-9-10-20-36-29-21-27(33(38)39-5)17-18-28(29)31(30(36)22-35(3)4)25-11-7-6-8-12-25/h6-8,11-18,21,23H,9-10,19-20,22H2,1-5H3,(H,34,37). The molecule has 1 N–H and O–H groups in total. The van der Waals surface area contributed by atoms with Gasteiger partial charge in [0.1, 0.15) is 0 Å². The molecule has 4 aromatic rings. The number of amides is 1. The number of carbonyl (C=O) groups is 2. The second-order valence-corrected chi connectivity index (χ2v) is 10.5. The summed E-state index contributed by atoms with van der Waals surface area (Å²) in [5.41, 5.74) is 7.01. The van der Waals surface area contributed by atoms with Crippen LogP contribution in [-0.4, -0.2) is 49.1 Å². The van der Waals surface area contributed by atoms with Gasteiger partial charge >= 0.3 is 5.97 Å². The van der Waals surface area contributed by atoms with Gasteiger partial charge in [-0.15, -0.1) is 0 Å². The third-order valence-corrected chi connectivity index (χ3v) is 7.06. The van der Waals surface area contributed by atoms with Crippen LogP contribution in [0.15, 0.2) is 72.8 Å². The zero-order chi connectivity index (χ0) is 27.9. The molecule has 204 valence electrons. The minimum atomic E-state index is -0.343. The van der Waals surface area contributed by atoms with Crippen LogP contribution in [0, 0.1) is 0 Å². The van der Waals surface area contributed by atoms with Crippen molar-refractivity contribution >= 4 is 22.8 Å². The first-order valence-electron chi connectivity index (χ1n) is 13.6. The first-order valence-corrected chi connectivity index (χ1v) is 13.6. The lowest BCUT2D eigenvalue weighted by Crippen LogP contribution is -2.24. The van der Waals surface area contributed by atoms with E-state index in [9.17, 15) is 9.59 Å². The fourth-order valence-corrected chi connectivity index (χ4v) is 5.01. The maximum absolute atomic E-state index is 12.6. The van der Waals surface area contributed by atoms with E-state index in [0.29, 0.717) is 23.6 Å². The van der Waals surface area contributed by atoms with Gasteiger partial charge in [-0.05, 0) is 68.2 Å². The molecule has 0 atom stereocenters. The average Bonchev–Trinajstić information content (AvgIpc) is 3.24. The van der Waals surface area contributed by atoms with E-state index in [2.05, 4.69) is 67.0 Å². The van der Waals surface area contributed by atoms with Crippen LogP contribution in [0.3, 0.4) is 0 Å². The Kier molecular flexibility index (Phi) is 9.20. The van der Waals surface area contributed by atoms with Crippen LogP contribution in [0.2, 0.25) is 0 Å². The van der Waals surface area contributed by atoms with Crippen molar-refractivity contribution in [2.75, 3.05) is 27.7 Å². The van der Waals surface area contributed by atoms with Gasteiger partial charge in [0.15, 0.2) is 0 Å². The Balaban J connectivity index is 1.56. The molecule has 6 nitrogen and oxygen atoms in total. The molecule has 39 heavy (non-hydrogen) atoms. The quantitative estimate of drug-likeness (QED) is 0.180. The molecule has 0 saturated carbocycles. The molecule has 3 aromatic carbocycles. The highest BCUT2D eigenvalue weighted by Crippen LogP contribution is 2.36. The Labute approximate surface area is 231 Å². The molecule has 0 aliphatic rings. The Hall–Kier alpha value is -3.90. The van der Waals surface area contributed by atoms with E-state index in [-0.39, 0.29) is 11.9 Å². The molecule has 0 aliphatic heterocycles. The van der Waals surface area contributed by atoms with E-state index in [1.807, 2.05) is 48.5 Å². The third kappa shape index (κ3) is 6.58. The summed E-state index contributed by atoms with van der Waals surface area (Å²) in [5, 5.41) is 4.18. The van der Waals surface area contributed by atoms with Gasteiger partial charge < -0.3 is 19.5 Å². The third-order valence-electron chi connectivity index (χ3n) is 7.06. The zero-order valence-corrected chi connectivity index (χ0v) is 23.7. The van der Waals surface area contributed by atoms with Gasteiger partial charge in [0.25, 0.3) is 5.91 Å². The van der Waals surface area contributed by atoms with Crippen molar-refractivity contribution in [1.82, 2.24) is 14.8 Å². The van der Waals surface area contributed by atoms with Gasteiger partial charge in [0.05, 0.1) is 12.7 Å². The van der Waals surface area contributed by atoms with Crippen LogP contribution >= 0.6 is 0 Å². The number of esters is 1. The van der Waals surface area contributed by atoms with Crippen LogP contribution in [0.1, 0.15) is 64.6 Å². The van der Waals surface area contributed by atoms with Crippen molar-refractivity contribution in [2.24, 2.45) is 0 Å². The van der Waals surface area contributed by atoms with Crippen LogP contribution in [0.5, 0.6) is 0 Å². The monoisotopic (exact) mass is 525 g/mol. The molecular weight excluding hydrogens is 486 g/mol. The highest BCUT2D eigenvalue weighted by molar-refractivity contribution is 6.02. The lowest BCUT2D eigenvalue weighted by molar-refractivity contribution is 0.0600. The molecule has 0 saturated heterocycles. The second-order valence-electron chi connectivity index (χ2n) is 10.5. The van der Waals surface area contributed by atoms with Gasteiger partial charge in [0, 0.05) is 47.4 Å². The number of hydrogen-bond acceptors (Lipinski definition) is 4. The van der Waals surface area contributed by atoms with Crippen molar-refractivity contribution in [3.8, 4) is 11.1 Å². The predicted octanol–water partition coefficient (Wildman–Crippen LogP) is 6.49. The number of aryl methyl sites for hydroxylation is 1. The zero-order valence-electron chi connectivity index (χ0n) is 23.7. The van der Waals surface area contributed by atoms with Gasteiger partial charge in [-0.25, -0.2) is 4.79 Å². The summed E-state index contributed by atoms with van der Waals surface area (Å²) >= 11 is 0. The largest absolute Gasteiger partial charge is 0.465 e. The summed E-state index contributed by atoms with van der Waals surface area (Å²) in [6.45, 7) is 6.43. The van der Waals surface area contributed by atoms with Crippen LogP contribution < -0.4 is 5.32 Å². The fraction of sp³-hybridized carbons (Fsp3) is 0.333. The SMILES string of the molecule is COC(=O)c1ccc2c(-c3ccccc3)c(CN(C)C)n(CCCCNC(=O)c3ccc(C(C)C)cc3)c2c1. The first kappa shape index (κ1) is 28.1. The number of unbranched alkanes of at least 4 members (excludes halogenated alkanes) is 1. The van der Waals surface area contributed by atoms with Gasteiger partial charge in [-0.1, -0.05) is 62.4 Å². The number of methoxy groups -OCH3 is 1. The first-order chi connectivity index (χ1) is 18.8. The summed E-state index contributed by atoms with van der Waals surface area (Å²) in [7, 11) is 5.55. The summed E-state index contributed by atoms with van der Waals surface area (Å²) in [6, 6.07) is 24.1. The number of aromatic nitrogens is 1. The molecular formula is C33H39N3O3. The number of fused-ring (bicyclic) bond motifs is 1. The van der Waals surface area contributed by atoms with E-state index in [0.717, 1.165) is 42.4 Å². The molecule has 0 fully saturated rings. The molecule has 0 unspecified atom stereocenters. The topological polar surface area (TPSA) is 63.6 Å².